The SMILES string of the molecule is CN(C)c1cc[n+](CC(=O)Nc2ccc(Cl)cc2Cl)cc1. The van der Waals surface area contributed by atoms with Crippen molar-refractivity contribution < 1.29 is 9.36 Å². The molecule has 0 aliphatic heterocycles. The van der Waals surface area contributed by atoms with Crippen LogP contribution in [0.4, 0.5) is 11.4 Å². The molecule has 1 aromatic heterocycles. The van der Waals surface area contributed by atoms with Crippen molar-refractivity contribution in [1.82, 2.24) is 0 Å². The Labute approximate surface area is 133 Å². The average molecular weight is 325 g/mol. The molecule has 2 rings (SSSR count). The van der Waals surface area contributed by atoms with Crippen molar-refractivity contribution in [2.75, 3.05) is 24.3 Å². The topological polar surface area (TPSA) is 36.2 Å². The first-order valence-corrected chi connectivity index (χ1v) is 7.12. The van der Waals surface area contributed by atoms with E-state index in [1.807, 2.05) is 43.5 Å². The molecule has 0 atom stereocenters. The van der Waals surface area contributed by atoms with Crippen LogP contribution >= 0.6 is 23.2 Å². The van der Waals surface area contributed by atoms with E-state index in [0.717, 1.165) is 5.69 Å². The van der Waals surface area contributed by atoms with Gasteiger partial charge in [0.2, 0.25) is 6.54 Å². The number of nitrogens with zero attached hydrogens (tertiary/aromatic N) is 2. The first-order chi connectivity index (χ1) is 9.95. The summed E-state index contributed by atoms with van der Waals surface area (Å²) in [6.45, 7) is 0.215. The molecule has 1 aromatic carbocycles. The lowest BCUT2D eigenvalue weighted by Crippen LogP contribution is -2.39. The number of aromatic nitrogens is 1. The second-order valence-corrected chi connectivity index (χ2v) is 5.64. The van der Waals surface area contributed by atoms with Gasteiger partial charge in [-0.3, -0.25) is 4.79 Å². The van der Waals surface area contributed by atoms with Gasteiger partial charge >= 0.3 is 0 Å². The number of amides is 1. The quantitative estimate of drug-likeness (QED) is 0.878. The minimum Gasteiger partial charge on any atom is -0.377 e. The zero-order valence-corrected chi connectivity index (χ0v) is 13.3. The van der Waals surface area contributed by atoms with Crippen LogP contribution in [0.25, 0.3) is 0 Å². The van der Waals surface area contributed by atoms with E-state index in [-0.39, 0.29) is 12.5 Å². The number of carbonyl (C=O) groups is 1. The minimum absolute atomic E-state index is 0.151. The third-order valence-electron chi connectivity index (χ3n) is 2.92. The van der Waals surface area contributed by atoms with E-state index in [1.54, 1.807) is 22.8 Å². The summed E-state index contributed by atoms with van der Waals surface area (Å²) < 4.78 is 1.80. The van der Waals surface area contributed by atoms with Crippen molar-refractivity contribution in [3.8, 4) is 0 Å². The summed E-state index contributed by atoms with van der Waals surface area (Å²) in [7, 11) is 3.93. The summed E-state index contributed by atoms with van der Waals surface area (Å²) in [4.78, 5) is 14.0. The molecule has 6 heteroatoms. The van der Waals surface area contributed by atoms with Crippen molar-refractivity contribution in [3.05, 3.63) is 52.8 Å². The summed E-state index contributed by atoms with van der Waals surface area (Å²) in [5.74, 6) is -0.151. The molecule has 1 heterocycles. The fraction of sp³-hybridized carbons (Fsp3) is 0.200. The van der Waals surface area contributed by atoms with E-state index < -0.39 is 0 Å². The van der Waals surface area contributed by atoms with Crippen LogP contribution in [0.2, 0.25) is 10.0 Å². The molecule has 0 saturated heterocycles. The van der Waals surface area contributed by atoms with Gasteiger partial charge in [0.05, 0.1) is 10.7 Å². The Morgan fingerprint density at radius 2 is 1.86 bits per heavy atom. The molecule has 1 amide bonds. The summed E-state index contributed by atoms with van der Waals surface area (Å²) in [5.41, 5.74) is 1.63. The molecular formula is C15H16Cl2N3O+. The van der Waals surface area contributed by atoms with Gasteiger partial charge in [-0.25, -0.2) is 0 Å². The number of halogens is 2. The van der Waals surface area contributed by atoms with Crippen LogP contribution in [0, 0.1) is 0 Å². The predicted molar refractivity (Wildman–Crippen MR) is 86.1 cm³/mol. The maximum atomic E-state index is 12.0. The number of nitrogens with one attached hydrogen (secondary N) is 1. The van der Waals surface area contributed by atoms with E-state index in [0.29, 0.717) is 15.7 Å². The molecule has 0 spiro atoms. The van der Waals surface area contributed by atoms with Crippen molar-refractivity contribution in [1.29, 1.82) is 0 Å². The molecule has 0 fully saturated rings. The lowest BCUT2D eigenvalue weighted by molar-refractivity contribution is -0.684. The normalized spacial score (nSPS) is 10.3. The van der Waals surface area contributed by atoms with Crippen LogP contribution in [0.3, 0.4) is 0 Å². The third-order valence-corrected chi connectivity index (χ3v) is 3.47. The monoisotopic (exact) mass is 324 g/mol. The van der Waals surface area contributed by atoms with Crippen molar-refractivity contribution in [2.24, 2.45) is 0 Å². The van der Waals surface area contributed by atoms with E-state index in [9.17, 15) is 4.79 Å². The highest BCUT2D eigenvalue weighted by Crippen LogP contribution is 2.25. The van der Waals surface area contributed by atoms with Crippen LogP contribution in [-0.4, -0.2) is 20.0 Å². The van der Waals surface area contributed by atoms with Gasteiger partial charge in [0.1, 0.15) is 0 Å². The van der Waals surface area contributed by atoms with Crippen LogP contribution in [0.15, 0.2) is 42.7 Å². The fourth-order valence-electron chi connectivity index (χ4n) is 1.80. The Morgan fingerprint density at radius 1 is 1.19 bits per heavy atom. The summed E-state index contributed by atoms with van der Waals surface area (Å²) in [5, 5.41) is 3.72. The summed E-state index contributed by atoms with van der Waals surface area (Å²) in [6, 6.07) is 8.85. The highest BCUT2D eigenvalue weighted by atomic mass is 35.5. The molecule has 0 aliphatic carbocycles. The van der Waals surface area contributed by atoms with Crippen molar-refractivity contribution in [3.63, 3.8) is 0 Å². The van der Waals surface area contributed by atoms with E-state index in [2.05, 4.69) is 5.32 Å². The standard InChI is InChI=1S/C15H15Cl2N3O/c1-19(2)12-5-7-20(8-6-12)10-15(21)18-14-4-3-11(16)9-13(14)17/h3-9H,10H2,1-2H3/p+1. The largest absolute Gasteiger partial charge is 0.377 e. The number of carbonyl (C=O) groups excluding carboxylic acids is 1. The van der Waals surface area contributed by atoms with Crippen molar-refractivity contribution >= 4 is 40.5 Å². The van der Waals surface area contributed by atoms with Gasteiger partial charge in [0.15, 0.2) is 12.4 Å². The second kappa shape index (κ2) is 6.78. The number of hydrogen-bond donors (Lipinski definition) is 1. The molecule has 1 N–H and O–H groups in total. The lowest BCUT2D eigenvalue weighted by atomic mass is 10.3. The third kappa shape index (κ3) is 4.34. The van der Waals surface area contributed by atoms with Gasteiger partial charge in [0, 0.05) is 36.9 Å². The Morgan fingerprint density at radius 3 is 2.43 bits per heavy atom. The Kier molecular flexibility index (Phi) is 5.04. The lowest BCUT2D eigenvalue weighted by Gasteiger charge is -2.10. The van der Waals surface area contributed by atoms with Gasteiger partial charge in [0.25, 0.3) is 5.91 Å². The molecule has 0 aliphatic rings. The van der Waals surface area contributed by atoms with Gasteiger partial charge in [-0.1, -0.05) is 23.2 Å². The summed E-state index contributed by atoms with van der Waals surface area (Å²) >= 11 is 11.8. The smallest absolute Gasteiger partial charge is 0.290 e. The highest BCUT2D eigenvalue weighted by Gasteiger charge is 2.11. The number of benzene rings is 1. The zero-order valence-electron chi connectivity index (χ0n) is 11.8. The summed E-state index contributed by atoms with van der Waals surface area (Å²) in [6.07, 6.45) is 3.72. The second-order valence-electron chi connectivity index (χ2n) is 4.80. The first kappa shape index (κ1) is 15.6. The van der Waals surface area contributed by atoms with Crippen LogP contribution in [0.5, 0.6) is 0 Å². The maximum absolute atomic E-state index is 12.0. The van der Waals surface area contributed by atoms with Gasteiger partial charge in [-0.15, -0.1) is 0 Å². The number of hydrogen-bond acceptors (Lipinski definition) is 2. The van der Waals surface area contributed by atoms with E-state index in [4.69, 9.17) is 23.2 Å². The molecule has 0 bridgehead atoms. The van der Waals surface area contributed by atoms with Crippen molar-refractivity contribution in [2.45, 2.75) is 6.54 Å². The number of rotatable bonds is 4. The molecule has 2 aromatic rings. The molecule has 0 unspecified atom stereocenters. The van der Waals surface area contributed by atoms with Crippen LogP contribution in [-0.2, 0) is 11.3 Å². The van der Waals surface area contributed by atoms with Gasteiger partial charge < -0.3 is 10.2 Å². The zero-order chi connectivity index (χ0) is 15.4. The molecular weight excluding hydrogens is 309 g/mol. The molecule has 4 nitrogen and oxygen atoms in total. The average Bonchev–Trinajstić information content (AvgIpc) is 2.42. The Bertz CT molecular complexity index is 642. The number of anilines is 2. The maximum Gasteiger partial charge on any atom is 0.290 e. The van der Waals surface area contributed by atoms with E-state index >= 15 is 0 Å². The molecule has 0 radical (unpaired) electrons. The minimum atomic E-state index is -0.151. The highest BCUT2D eigenvalue weighted by molar-refractivity contribution is 6.36. The molecule has 21 heavy (non-hydrogen) atoms. The fourth-order valence-corrected chi connectivity index (χ4v) is 2.26. The first-order valence-electron chi connectivity index (χ1n) is 6.37. The van der Waals surface area contributed by atoms with Gasteiger partial charge in [-0.05, 0) is 18.2 Å². The number of pyridine rings is 1. The van der Waals surface area contributed by atoms with Crippen LogP contribution < -0.4 is 14.8 Å². The Balaban J connectivity index is 2.01. The van der Waals surface area contributed by atoms with E-state index in [1.165, 1.54) is 0 Å². The van der Waals surface area contributed by atoms with Crippen LogP contribution in [0.1, 0.15) is 0 Å². The molecule has 0 saturated carbocycles. The van der Waals surface area contributed by atoms with Gasteiger partial charge in [-0.2, -0.15) is 4.57 Å². The molecule has 110 valence electrons. The Hall–Kier alpha value is -1.78. The predicted octanol–water partition coefficient (Wildman–Crippen LogP) is 2.99.